The maximum atomic E-state index is 10.9. The second-order valence-electron chi connectivity index (χ2n) is 9.76. The van der Waals surface area contributed by atoms with E-state index >= 15 is 0 Å². The summed E-state index contributed by atoms with van der Waals surface area (Å²) in [5.74, 6) is 0.933. The first-order chi connectivity index (χ1) is 15.1. The van der Waals surface area contributed by atoms with Crippen molar-refractivity contribution in [1.29, 1.82) is 0 Å². The van der Waals surface area contributed by atoms with E-state index in [-0.39, 0.29) is 24.4 Å². The Morgan fingerprint density at radius 2 is 1.94 bits per heavy atom. The van der Waals surface area contributed by atoms with E-state index in [4.69, 9.17) is 4.74 Å². The number of hydrogen-bond acceptors (Lipinski definition) is 3. The molecule has 3 aliphatic heterocycles. The number of ether oxygens (including phenoxy) is 1. The second-order valence-corrected chi connectivity index (χ2v) is 9.76. The minimum atomic E-state index is -0.332. The van der Waals surface area contributed by atoms with Crippen LogP contribution in [0.2, 0.25) is 0 Å². The number of halogens is 1. The highest BCUT2D eigenvalue weighted by molar-refractivity contribution is 5.44. The van der Waals surface area contributed by atoms with E-state index in [0.29, 0.717) is 12.1 Å². The molecule has 0 spiro atoms. The number of rotatable bonds is 3. The van der Waals surface area contributed by atoms with Gasteiger partial charge in [0.2, 0.25) is 0 Å². The third-order valence-corrected chi connectivity index (χ3v) is 7.68. The van der Waals surface area contributed by atoms with E-state index in [0.717, 1.165) is 50.1 Å². The molecular formula is C27H35ClN2O2. The molecule has 4 nitrogen and oxygen atoms in total. The molecule has 2 aromatic rings. The summed E-state index contributed by atoms with van der Waals surface area (Å²) in [6.07, 6.45) is 6.02. The number of piperazine rings is 1. The number of methoxy groups -OCH3 is 1. The lowest BCUT2D eigenvalue weighted by Crippen LogP contribution is -3.17. The Morgan fingerprint density at radius 1 is 1.12 bits per heavy atom. The lowest BCUT2D eigenvalue weighted by molar-refractivity contribution is -0.914. The summed E-state index contributed by atoms with van der Waals surface area (Å²) >= 11 is 0. The molecule has 6 bridgehead atoms. The fourth-order valence-electron chi connectivity index (χ4n) is 5.89. The summed E-state index contributed by atoms with van der Waals surface area (Å²) in [6, 6.07) is 18.6. The first-order valence-electron chi connectivity index (χ1n) is 11.8. The van der Waals surface area contributed by atoms with Gasteiger partial charge in [-0.05, 0) is 36.5 Å². The van der Waals surface area contributed by atoms with Gasteiger partial charge in [0.25, 0.3) is 0 Å². The largest absolute Gasteiger partial charge is 1.00 e. The topological polar surface area (TPSA) is 37.1 Å². The normalized spacial score (nSPS) is 29.8. The van der Waals surface area contributed by atoms with Crippen molar-refractivity contribution >= 4 is 0 Å². The summed E-state index contributed by atoms with van der Waals surface area (Å²) in [6.45, 7) is 3.31. The highest BCUT2D eigenvalue weighted by Crippen LogP contribution is 2.39. The van der Waals surface area contributed by atoms with Gasteiger partial charge in [-0.25, -0.2) is 0 Å². The van der Waals surface area contributed by atoms with Crippen LogP contribution in [0.15, 0.2) is 60.2 Å². The molecule has 1 unspecified atom stereocenters. The van der Waals surface area contributed by atoms with Gasteiger partial charge >= 0.3 is 0 Å². The van der Waals surface area contributed by atoms with Crippen molar-refractivity contribution in [3.05, 3.63) is 76.9 Å². The molecule has 3 heterocycles. The summed E-state index contributed by atoms with van der Waals surface area (Å²) in [4.78, 5) is 4.36. The Morgan fingerprint density at radius 3 is 2.72 bits per heavy atom. The van der Waals surface area contributed by atoms with E-state index in [1.54, 1.807) is 12.0 Å². The number of aliphatic hydroxyl groups is 1. The molecule has 1 saturated heterocycles. The summed E-state index contributed by atoms with van der Waals surface area (Å²) in [5, 5.41) is 10.9. The lowest BCUT2D eigenvalue weighted by Gasteiger charge is -2.44. The number of fused-ring (bicyclic) bond motifs is 2. The Bertz CT molecular complexity index is 948. The van der Waals surface area contributed by atoms with Crippen molar-refractivity contribution < 1.29 is 27.2 Å². The maximum absolute atomic E-state index is 10.9. The molecule has 6 rings (SSSR count). The van der Waals surface area contributed by atoms with Crippen LogP contribution >= 0.6 is 0 Å². The highest BCUT2D eigenvalue weighted by Gasteiger charge is 2.37. The maximum Gasteiger partial charge on any atom is 0.122 e. The fourth-order valence-corrected chi connectivity index (χ4v) is 5.89. The monoisotopic (exact) mass is 454 g/mol. The number of benzene rings is 2. The number of nitrogens with one attached hydrogen (secondary N) is 1. The van der Waals surface area contributed by atoms with Crippen molar-refractivity contribution in [2.75, 3.05) is 27.2 Å². The molecular weight excluding hydrogens is 420 g/mol. The Balaban J connectivity index is 0.00000245. The quantitative estimate of drug-likeness (QED) is 0.618. The first kappa shape index (κ1) is 23.3. The van der Waals surface area contributed by atoms with Crippen LogP contribution in [0.25, 0.3) is 0 Å². The predicted molar refractivity (Wildman–Crippen MR) is 124 cm³/mol. The van der Waals surface area contributed by atoms with Crippen LogP contribution in [-0.2, 0) is 13.0 Å². The third-order valence-electron chi connectivity index (χ3n) is 7.68. The van der Waals surface area contributed by atoms with Crippen molar-refractivity contribution in [2.45, 2.75) is 56.3 Å². The van der Waals surface area contributed by atoms with Crippen LogP contribution in [0.4, 0.5) is 0 Å². The number of nitrogens with zero attached hydrogens (tertiary/aromatic N) is 1. The first-order valence-corrected chi connectivity index (χ1v) is 11.8. The van der Waals surface area contributed by atoms with Crippen LogP contribution in [0.5, 0.6) is 5.75 Å². The van der Waals surface area contributed by atoms with Gasteiger partial charge in [0, 0.05) is 24.4 Å². The number of aliphatic hydroxyl groups excluding tert-OH is 1. The summed E-state index contributed by atoms with van der Waals surface area (Å²) in [5.41, 5.74) is 5.40. The van der Waals surface area contributed by atoms with Crippen LogP contribution < -0.4 is 22.0 Å². The fraction of sp³-hybridized carbons (Fsp3) is 0.481. The van der Waals surface area contributed by atoms with Crippen LogP contribution in [-0.4, -0.2) is 55.4 Å². The van der Waals surface area contributed by atoms with Gasteiger partial charge in [-0.2, -0.15) is 0 Å². The minimum Gasteiger partial charge on any atom is -1.00 e. The smallest absolute Gasteiger partial charge is 0.122 e. The molecule has 0 radical (unpaired) electrons. The van der Waals surface area contributed by atoms with Gasteiger partial charge in [0.1, 0.15) is 11.8 Å². The summed E-state index contributed by atoms with van der Waals surface area (Å²) in [7, 11) is 4.11. The molecule has 5 atom stereocenters. The predicted octanol–water partition coefficient (Wildman–Crippen LogP) is -0.422. The van der Waals surface area contributed by atoms with Crippen LogP contribution in [0.3, 0.4) is 0 Å². The minimum absolute atomic E-state index is 0. The third kappa shape index (κ3) is 4.74. The Labute approximate surface area is 198 Å². The van der Waals surface area contributed by atoms with Crippen LogP contribution in [0, 0.1) is 0 Å². The SMILES string of the molecule is COc1ccc2cc1[C@H]1C=C(CC[C@H]1O)C[C@H]1C[NH+](C)[C@@H](C2)CN1Cc1ccccc1.[Cl-]. The summed E-state index contributed by atoms with van der Waals surface area (Å²) < 4.78 is 5.70. The van der Waals surface area contributed by atoms with Gasteiger partial charge in [0.05, 0.1) is 39.4 Å². The Hall–Kier alpha value is -1.85. The standard InChI is InChI=1S/C27H34N2O2.ClH/c1-28-17-23-13-20-8-10-26(30)24(14-20)25-15-21(9-11-27(25)31-2)12-22(28)18-29(23)16-19-6-4-3-5-7-19;/h3-7,9,11,14-15,22-24,26,30H,8,10,12-13,16-18H2,1-2H3;1H/t22-,23-,24+,26+;/m0./s1. The zero-order valence-electron chi connectivity index (χ0n) is 19.1. The van der Waals surface area contributed by atoms with Crippen molar-refractivity contribution in [1.82, 2.24) is 4.90 Å². The van der Waals surface area contributed by atoms with E-state index in [1.165, 1.54) is 23.2 Å². The molecule has 1 fully saturated rings. The molecule has 0 amide bonds. The zero-order valence-corrected chi connectivity index (χ0v) is 19.9. The van der Waals surface area contributed by atoms with Gasteiger partial charge in [-0.3, -0.25) is 4.90 Å². The van der Waals surface area contributed by atoms with E-state index in [1.807, 2.05) is 0 Å². The lowest BCUT2D eigenvalue weighted by atomic mass is 9.79. The van der Waals surface area contributed by atoms with Crippen molar-refractivity contribution in [3.63, 3.8) is 0 Å². The molecule has 0 saturated carbocycles. The molecule has 2 aromatic carbocycles. The van der Waals surface area contributed by atoms with Gasteiger partial charge < -0.3 is 27.2 Å². The van der Waals surface area contributed by atoms with E-state index < -0.39 is 0 Å². The molecule has 1 aliphatic carbocycles. The van der Waals surface area contributed by atoms with E-state index in [9.17, 15) is 5.11 Å². The molecule has 4 aliphatic rings. The van der Waals surface area contributed by atoms with E-state index in [2.05, 4.69) is 66.6 Å². The van der Waals surface area contributed by atoms with Crippen molar-refractivity contribution in [2.24, 2.45) is 0 Å². The van der Waals surface area contributed by atoms with Gasteiger partial charge in [-0.15, -0.1) is 0 Å². The van der Waals surface area contributed by atoms with Gasteiger partial charge in [0.15, 0.2) is 0 Å². The number of likely N-dealkylation sites (N-methyl/N-ethyl adjacent to an activating group) is 1. The van der Waals surface area contributed by atoms with Crippen LogP contribution in [0.1, 0.15) is 41.9 Å². The highest BCUT2D eigenvalue weighted by atomic mass is 35.5. The van der Waals surface area contributed by atoms with Gasteiger partial charge in [-0.1, -0.05) is 54.1 Å². The molecule has 2 N–H and O–H groups in total. The number of quaternary nitrogens is 1. The average Bonchev–Trinajstić information content (AvgIpc) is 2.78. The molecule has 172 valence electrons. The Kier molecular flexibility index (Phi) is 7.26. The molecule has 0 aromatic heterocycles. The van der Waals surface area contributed by atoms with Crippen molar-refractivity contribution in [3.8, 4) is 5.75 Å². The average molecular weight is 455 g/mol. The zero-order chi connectivity index (χ0) is 21.4. The number of hydrogen-bond donors (Lipinski definition) is 2. The molecule has 5 heteroatoms. The second kappa shape index (κ2) is 9.96. The molecule has 32 heavy (non-hydrogen) atoms.